The van der Waals surface area contributed by atoms with Gasteiger partial charge in [0.25, 0.3) is 5.91 Å². The Morgan fingerprint density at radius 1 is 0.880 bits per heavy atom. The van der Waals surface area contributed by atoms with Crippen LogP contribution in [0.5, 0.6) is 5.88 Å². The molecule has 2 aliphatic heterocycles. The number of carbonyl (C=O) groups is 2. The lowest BCUT2D eigenvalue weighted by molar-refractivity contribution is 0.0138. The highest BCUT2D eigenvalue weighted by Crippen LogP contribution is 2.41. The zero-order valence-corrected chi connectivity index (χ0v) is 30.9. The number of likely N-dealkylation sites (N-methyl/N-ethyl adjacent to an activating group) is 1. The number of hydrogen-bond acceptors (Lipinski definition) is 8. The molecule has 11 nitrogen and oxygen atoms in total. The lowest BCUT2D eigenvalue weighted by Crippen LogP contribution is -2.49. The number of hydrogen-bond donors (Lipinski definition) is 1. The van der Waals surface area contributed by atoms with E-state index < -0.39 is 5.60 Å². The zero-order valence-electron chi connectivity index (χ0n) is 29.3. The predicted molar refractivity (Wildman–Crippen MR) is 196 cm³/mol. The van der Waals surface area contributed by atoms with Gasteiger partial charge < -0.3 is 29.2 Å². The molecule has 264 valence electrons. The molecule has 0 bridgehead atoms. The summed E-state index contributed by atoms with van der Waals surface area (Å²) in [4.78, 5) is 41.6. The Labute approximate surface area is 303 Å². The molecule has 2 aromatic heterocycles. The number of anilines is 1. The second-order valence-electron chi connectivity index (χ2n) is 13.8. The van der Waals surface area contributed by atoms with Crippen LogP contribution in [0, 0.1) is 0 Å². The van der Waals surface area contributed by atoms with Crippen molar-refractivity contribution in [1.82, 2.24) is 29.2 Å². The van der Waals surface area contributed by atoms with E-state index in [2.05, 4.69) is 20.1 Å². The smallest absolute Gasteiger partial charge is 0.410 e. The number of fused-ring (bicyclic) bond motifs is 1. The van der Waals surface area contributed by atoms with Crippen molar-refractivity contribution < 1.29 is 19.1 Å². The molecule has 50 heavy (non-hydrogen) atoms. The Morgan fingerprint density at radius 2 is 1.56 bits per heavy atom. The predicted octanol–water partition coefficient (Wildman–Crippen LogP) is 6.76. The quantitative estimate of drug-likeness (QED) is 0.224. The average Bonchev–Trinajstić information content (AvgIpc) is 3.41. The maximum atomic E-state index is 13.4. The number of rotatable bonds is 7. The number of amides is 2. The summed E-state index contributed by atoms with van der Waals surface area (Å²) in [6.45, 7) is 10.5. The van der Waals surface area contributed by atoms with Crippen LogP contribution in [0.1, 0.15) is 48.3 Å². The highest BCUT2D eigenvalue weighted by Gasteiger charge is 2.27. The van der Waals surface area contributed by atoms with Gasteiger partial charge >= 0.3 is 6.09 Å². The highest BCUT2D eigenvalue weighted by atomic mass is 35.5. The van der Waals surface area contributed by atoms with Gasteiger partial charge in [0.15, 0.2) is 5.82 Å². The van der Waals surface area contributed by atoms with Gasteiger partial charge in [-0.25, -0.2) is 14.8 Å². The van der Waals surface area contributed by atoms with Crippen LogP contribution in [-0.2, 0) is 31.3 Å². The fraction of sp³-hybridized carbons (Fsp3) is 0.405. The summed E-state index contributed by atoms with van der Waals surface area (Å²) in [7, 11) is 5.53. The normalized spacial score (nSPS) is 15.5. The van der Waals surface area contributed by atoms with E-state index in [0.29, 0.717) is 89.1 Å². The molecular formula is C37H43Cl2N7O4. The van der Waals surface area contributed by atoms with Crippen molar-refractivity contribution in [3.05, 3.63) is 81.4 Å². The van der Waals surface area contributed by atoms with E-state index in [0.717, 1.165) is 29.9 Å². The lowest BCUT2D eigenvalue weighted by Gasteiger charge is -2.35. The lowest BCUT2D eigenvalue weighted by atomic mass is 10.00. The van der Waals surface area contributed by atoms with Gasteiger partial charge in [0.05, 0.1) is 34.2 Å². The summed E-state index contributed by atoms with van der Waals surface area (Å²) in [5.41, 5.74) is 5.61. The van der Waals surface area contributed by atoms with E-state index in [-0.39, 0.29) is 12.0 Å². The summed E-state index contributed by atoms with van der Waals surface area (Å²) < 4.78 is 13.1. The van der Waals surface area contributed by atoms with Gasteiger partial charge in [0.2, 0.25) is 5.88 Å². The number of methoxy groups -OCH3 is 1. The zero-order chi connectivity index (χ0) is 35.7. The van der Waals surface area contributed by atoms with Crippen molar-refractivity contribution in [2.45, 2.75) is 45.9 Å². The van der Waals surface area contributed by atoms with Gasteiger partial charge in [-0.1, -0.05) is 59.6 Å². The molecule has 13 heteroatoms. The van der Waals surface area contributed by atoms with E-state index >= 15 is 0 Å². The van der Waals surface area contributed by atoms with Crippen molar-refractivity contribution in [2.75, 3.05) is 52.2 Å². The number of benzene rings is 2. The van der Waals surface area contributed by atoms with Gasteiger partial charge in [0.1, 0.15) is 5.60 Å². The fourth-order valence-corrected chi connectivity index (χ4v) is 6.99. The Balaban J connectivity index is 1.18. The molecule has 0 saturated carbocycles. The first-order valence-corrected chi connectivity index (χ1v) is 17.4. The number of piperazine rings is 1. The molecule has 0 atom stereocenters. The molecule has 0 aliphatic carbocycles. The summed E-state index contributed by atoms with van der Waals surface area (Å²) >= 11 is 14.0. The maximum Gasteiger partial charge on any atom is 0.410 e. The molecule has 4 aromatic rings. The van der Waals surface area contributed by atoms with Crippen LogP contribution in [0.2, 0.25) is 10.0 Å². The van der Waals surface area contributed by atoms with E-state index in [4.69, 9.17) is 37.7 Å². The monoisotopic (exact) mass is 719 g/mol. The first-order chi connectivity index (χ1) is 23.8. The molecule has 2 aliphatic rings. The number of ether oxygens (including phenoxy) is 2. The van der Waals surface area contributed by atoms with E-state index in [1.807, 2.05) is 81.9 Å². The van der Waals surface area contributed by atoms with E-state index in [1.165, 1.54) is 0 Å². The molecule has 0 unspecified atom stereocenters. The van der Waals surface area contributed by atoms with Gasteiger partial charge in [-0.15, -0.1) is 0 Å². The molecule has 1 fully saturated rings. The third-order valence-electron chi connectivity index (χ3n) is 9.01. The van der Waals surface area contributed by atoms with Crippen LogP contribution in [0.3, 0.4) is 0 Å². The standard InChI is InChI=1S/C37H43Cl2N7O4/c1-37(2,3)50-36(48)46-19-17-45(18-20-46)21-23-13-14-27(42-35(23)49-6)26-11-7-9-24(31(26)38)25-10-8-12-28(32(25)39)41-34(47)33-40-29-22-43(4)16-15-30(29)44(33)5/h7-14H,15-22H2,1-6H3,(H,41,47). The number of nitrogens with one attached hydrogen (secondary N) is 1. The van der Waals surface area contributed by atoms with E-state index in [9.17, 15) is 9.59 Å². The van der Waals surface area contributed by atoms with Crippen LogP contribution in [0.25, 0.3) is 22.4 Å². The number of imidazole rings is 1. The summed E-state index contributed by atoms with van der Waals surface area (Å²) in [6.07, 6.45) is 0.555. The summed E-state index contributed by atoms with van der Waals surface area (Å²) in [6, 6.07) is 15.1. The van der Waals surface area contributed by atoms with Crippen molar-refractivity contribution in [1.29, 1.82) is 0 Å². The second kappa shape index (κ2) is 14.6. The van der Waals surface area contributed by atoms with E-state index in [1.54, 1.807) is 18.1 Å². The van der Waals surface area contributed by atoms with Gasteiger partial charge in [-0.05, 0) is 40.0 Å². The minimum Gasteiger partial charge on any atom is -0.481 e. The van der Waals surface area contributed by atoms with Crippen molar-refractivity contribution in [3.8, 4) is 28.3 Å². The maximum absolute atomic E-state index is 13.4. The molecule has 0 spiro atoms. The number of nitrogens with zero attached hydrogens (tertiary/aromatic N) is 6. The van der Waals surface area contributed by atoms with Crippen molar-refractivity contribution >= 4 is 40.9 Å². The third kappa shape index (κ3) is 7.61. The van der Waals surface area contributed by atoms with Crippen molar-refractivity contribution in [2.24, 2.45) is 7.05 Å². The first kappa shape index (κ1) is 35.7. The van der Waals surface area contributed by atoms with Gasteiger partial charge in [0, 0.05) is 87.2 Å². The Hall–Kier alpha value is -4.16. The molecule has 4 heterocycles. The van der Waals surface area contributed by atoms with Crippen LogP contribution < -0.4 is 10.1 Å². The van der Waals surface area contributed by atoms with Crippen LogP contribution in [0.15, 0.2) is 48.5 Å². The number of carbonyl (C=O) groups excluding carboxylic acids is 2. The summed E-state index contributed by atoms with van der Waals surface area (Å²) in [5, 5.41) is 3.80. The molecule has 2 amide bonds. The minimum absolute atomic E-state index is 0.284. The van der Waals surface area contributed by atoms with Crippen molar-refractivity contribution in [3.63, 3.8) is 0 Å². The Bertz CT molecular complexity index is 1910. The highest BCUT2D eigenvalue weighted by molar-refractivity contribution is 6.39. The molecule has 6 rings (SSSR count). The molecule has 1 N–H and O–H groups in total. The largest absolute Gasteiger partial charge is 0.481 e. The number of halogens is 2. The van der Waals surface area contributed by atoms with Crippen LogP contribution in [0.4, 0.5) is 10.5 Å². The molecule has 1 saturated heterocycles. The topological polar surface area (TPSA) is 105 Å². The Kier molecular flexibility index (Phi) is 10.4. The SMILES string of the molecule is COc1nc(-c2cccc(-c3cccc(NC(=O)c4nc5c(n4C)CCN(C)C5)c3Cl)c2Cl)ccc1CN1CCN(C(=O)OC(C)(C)C)CC1. The third-order valence-corrected chi connectivity index (χ3v) is 9.83. The number of pyridine rings is 1. The van der Waals surface area contributed by atoms with Crippen LogP contribution >= 0.6 is 23.2 Å². The first-order valence-electron chi connectivity index (χ1n) is 16.7. The number of aromatic nitrogens is 3. The fourth-order valence-electron chi connectivity index (χ4n) is 6.39. The minimum atomic E-state index is -0.524. The van der Waals surface area contributed by atoms with Crippen LogP contribution in [-0.4, -0.2) is 93.7 Å². The van der Waals surface area contributed by atoms with Gasteiger partial charge in [-0.3, -0.25) is 9.69 Å². The average molecular weight is 721 g/mol. The Morgan fingerprint density at radius 3 is 2.26 bits per heavy atom. The van der Waals surface area contributed by atoms with Gasteiger partial charge in [-0.2, -0.15) is 0 Å². The molecular weight excluding hydrogens is 677 g/mol. The molecule has 0 radical (unpaired) electrons. The molecule has 2 aromatic carbocycles. The second-order valence-corrected chi connectivity index (χ2v) is 14.5. The summed E-state index contributed by atoms with van der Waals surface area (Å²) in [5.74, 6) is 0.520.